The summed E-state index contributed by atoms with van der Waals surface area (Å²) in [5.41, 5.74) is 2.60. The number of rotatable bonds is 6. The Balaban J connectivity index is 1.62. The SMILES string of the molecule is Cc1ccc2c(CC(=O)O[C@H](C)C(=O)Nc3cccc(S(N)(=O)=O)c3)coc2c1. The van der Waals surface area contributed by atoms with E-state index in [4.69, 9.17) is 14.3 Å². The van der Waals surface area contributed by atoms with Crippen molar-refractivity contribution in [1.29, 1.82) is 0 Å². The molecule has 0 radical (unpaired) electrons. The van der Waals surface area contributed by atoms with Crippen LogP contribution in [0.4, 0.5) is 5.69 Å². The van der Waals surface area contributed by atoms with Crippen LogP contribution in [0.1, 0.15) is 18.1 Å². The maximum Gasteiger partial charge on any atom is 0.311 e. The Hall–Kier alpha value is -3.17. The van der Waals surface area contributed by atoms with Crippen molar-refractivity contribution in [1.82, 2.24) is 0 Å². The fraction of sp³-hybridized carbons (Fsp3) is 0.200. The summed E-state index contributed by atoms with van der Waals surface area (Å²) in [6, 6.07) is 11.1. The number of anilines is 1. The Kier molecular flexibility index (Phi) is 5.71. The van der Waals surface area contributed by atoms with E-state index in [-0.39, 0.29) is 17.0 Å². The van der Waals surface area contributed by atoms with Gasteiger partial charge in [0.2, 0.25) is 10.0 Å². The number of aryl methyl sites for hydroxylation is 1. The first-order valence-electron chi connectivity index (χ1n) is 8.73. The highest BCUT2D eigenvalue weighted by Crippen LogP contribution is 2.23. The molecule has 3 aromatic rings. The summed E-state index contributed by atoms with van der Waals surface area (Å²) in [6.07, 6.45) is 0.365. The van der Waals surface area contributed by atoms with E-state index in [1.807, 2.05) is 25.1 Å². The van der Waals surface area contributed by atoms with Gasteiger partial charge in [0, 0.05) is 16.6 Å². The molecule has 3 N–H and O–H groups in total. The number of ether oxygens (including phenoxy) is 1. The lowest BCUT2D eigenvalue weighted by atomic mass is 10.1. The molecule has 29 heavy (non-hydrogen) atoms. The van der Waals surface area contributed by atoms with Gasteiger partial charge in [0.05, 0.1) is 17.6 Å². The Bertz CT molecular complexity index is 1180. The van der Waals surface area contributed by atoms with Crippen LogP contribution in [-0.2, 0) is 30.8 Å². The molecular weight excluding hydrogens is 396 g/mol. The van der Waals surface area contributed by atoms with Gasteiger partial charge in [-0.2, -0.15) is 0 Å². The zero-order valence-corrected chi connectivity index (χ0v) is 16.7. The van der Waals surface area contributed by atoms with Crippen molar-refractivity contribution in [3.05, 3.63) is 59.9 Å². The third kappa shape index (κ3) is 5.01. The molecule has 2 aromatic carbocycles. The van der Waals surface area contributed by atoms with Crippen LogP contribution in [0.25, 0.3) is 11.0 Å². The fourth-order valence-electron chi connectivity index (χ4n) is 2.77. The average Bonchev–Trinajstić information content (AvgIpc) is 3.02. The maximum absolute atomic E-state index is 12.3. The number of fused-ring (bicyclic) bond motifs is 1. The quantitative estimate of drug-likeness (QED) is 0.594. The van der Waals surface area contributed by atoms with Gasteiger partial charge in [0.1, 0.15) is 5.58 Å². The smallest absolute Gasteiger partial charge is 0.311 e. The van der Waals surface area contributed by atoms with E-state index in [9.17, 15) is 18.0 Å². The first kappa shape index (κ1) is 20.6. The van der Waals surface area contributed by atoms with Gasteiger partial charge >= 0.3 is 5.97 Å². The predicted molar refractivity (Wildman–Crippen MR) is 107 cm³/mol. The molecular formula is C20H20N2O6S. The summed E-state index contributed by atoms with van der Waals surface area (Å²) in [4.78, 5) is 24.4. The van der Waals surface area contributed by atoms with E-state index in [2.05, 4.69) is 5.32 Å². The molecule has 0 saturated heterocycles. The molecule has 0 unspecified atom stereocenters. The van der Waals surface area contributed by atoms with Crippen LogP contribution >= 0.6 is 0 Å². The Morgan fingerprint density at radius 1 is 1.21 bits per heavy atom. The second-order valence-corrected chi connectivity index (χ2v) is 8.19. The van der Waals surface area contributed by atoms with E-state index in [0.29, 0.717) is 11.1 Å². The van der Waals surface area contributed by atoms with Gasteiger partial charge < -0.3 is 14.5 Å². The number of sulfonamides is 1. The Morgan fingerprint density at radius 3 is 2.69 bits per heavy atom. The number of esters is 1. The van der Waals surface area contributed by atoms with E-state index in [1.165, 1.54) is 37.5 Å². The summed E-state index contributed by atoms with van der Waals surface area (Å²) < 4.78 is 33.4. The van der Waals surface area contributed by atoms with Crippen LogP contribution in [0.2, 0.25) is 0 Å². The molecule has 9 heteroatoms. The van der Waals surface area contributed by atoms with Gasteiger partial charge in [0.25, 0.3) is 5.91 Å². The summed E-state index contributed by atoms with van der Waals surface area (Å²) >= 11 is 0. The molecule has 152 valence electrons. The molecule has 8 nitrogen and oxygen atoms in total. The highest BCUT2D eigenvalue weighted by atomic mass is 32.2. The highest BCUT2D eigenvalue weighted by Gasteiger charge is 2.20. The van der Waals surface area contributed by atoms with Crippen molar-refractivity contribution in [3.8, 4) is 0 Å². The number of benzene rings is 2. The minimum atomic E-state index is -3.90. The fourth-order valence-corrected chi connectivity index (χ4v) is 3.33. The lowest BCUT2D eigenvalue weighted by Crippen LogP contribution is -2.30. The molecule has 0 spiro atoms. The number of hydrogen-bond acceptors (Lipinski definition) is 6. The molecule has 0 saturated carbocycles. The zero-order valence-electron chi connectivity index (χ0n) is 15.8. The number of carbonyl (C=O) groups is 2. The number of furan rings is 1. The maximum atomic E-state index is 12.3. The number of hydrogen-bond donors (Lipinski definition) is 2. The number of nitrogens with two attached hydrogens (primary N) is 1. The molecule has 1 amide bonds. The molecule has 1 heterocycles. The van der Waals surface area contributed by atoms with Gasteiger partial charge in [-0.15, -0.1) is 0 Å². The standard InChI is InChI=1S/C20H20N2O6S/c1-12-6-7-17-14(11-27-18(17)8-12)9-19(23)28-13(2)20(24)22-15-4-3-5-16(10-15)29(21,25)26/h3-8,10-11,13H,9H2,1-2H3,(H,22,24)(H2,21,25,26)/t13-/m1/s1. The van der Waals surface area contributed by atoms with Gasteiger partial charge in [-0.3, -0.25) is 9.59 Å². The van der Waals surface area contributed by atoms with Crippen LogP contribution in [0, 0.1) is 6.92 Å². The lowest BCUT2D eigenvalue weighted by molar-refractivity contribution is -0.152. The molecule has 0 fully saturated rings. The first-order chi connectivity index (χ1) is 13.6. The molecule has 0 aliphatic heterocycles. The second-order valence-electron chi connectivity index (χ2n) is 6.63. The third-order valence-corrected chi connectivity index (χ3v) is 5.16. The largest absolute Gasteiger partial charge is 0.464 e. The number of nitrogens with one attached hydrogen (secondary N) is 1. The van der Waals surface area contributed by atoms with Crippen molar-refractivity contribution >= 4 is 38.6 Å². The second kappa shape index (κ2) is 8.06. The van der Waals surface area contributed by atoms with Crippen LogP contribution in [-0.4, -0.2) is 26.4 Å². The minimum absolute atomic E-state index is 0.0470. The van der Waals surface area contributed by atoms with Crippen molar-refractivity contribution in [2.24, 2.45) is 5.14 Å². The molecule has 0 aliphatic rings. The summed E-state index contributed by atoms with van der Waals surface area (Å²) in [5, 5.41) is 8.39. The van der Waals surface area contributed by atoms with Crippen LogP contribution in [0.3, 0.4) is 0 Å². The van der Waals surface area contributed by atoms with Gasteiger partial charge in [0.15, 0.2) is 6.10 Å². The normalized spacial score (nSPS) is 12.5. The van der Waals surface area contributed by atoms with Crippen LogP contribution < -0.4 is 10.5 Å². The van der Waals surface area contributed by atoms with Crippen LogP contribution in [0.5, 0.6) is 0 Å². The highest BCUT2D eigenvalue weighted by molar-refractivity contribution is 7.89. The van der Waals surface area contributed by atoms with Gasteiger partial charge in [-0.25, -0.2) is 13.6 Å². The summed E-state index contributed by atoms with van der Waals surface area (Å²) in [7, 11) is -3.90. The first-order valence-corrected chi connectivity index (χ1v) is 10.3. The Labute approximate surface area is 167 Å². The van der Waals surface area contributed by atoms with E-state index in [1.54, 1.807) is 0 Å². The Morgan fingerprint density at radius 2 is 1.97 bits per heavy atom. The van der Waals surface area contributed by atoms with E-state index < -0.39 is 28.0 Å². The topological polar surface area (TPSA) is 129 Å². The van der Waals surface area contributed by atoms with Crippen LogP contribution in [0.15, 0.2) is 58.0 Å². The van der Waals surface area contributed by atoms with E-state index >= 15 is 0 Å². The molecule has 1 aromatic heterocycles. The monoisotopic (exact) mass is 416 g/mol. The zero-order chi connectivity index (χ0) is 21.2. The van der Waals surface area contributed by atoms with Crippen molar-refractivity contribution < 1.29 is 27.2 Å². The molecule has 0 bridgehead atoms. The number of primary sulfonamides is 1. The number of amides is 1. The molecule has 1 atom stereocenters. The predicted octanol–water partition coefficient (Wildman–Crippen LogP) is 2.50. The minimum Gasteiger partial charge on any atom is -0.464 e. The van der Waals surface area contributed by atoms with Gasteiger partial charge in [-0.05, 0) is 43.7 Å². The van der Waals surface area contributed by atoms with Crippen molar-refractivity contribution in [3.63, 3.8) is 0 Å². The van der Waals surface area contributed by atoms with Crippen molar-refractivity contribution in [2.75, 3.05) is 5.32 Å². The summed E-state index contributed by atoms with van der Waals surface area (Å²) in [6.45, 7) is 3.36. The summed E-state index contributed by atoms with van der Waals surface area (Å²) in [5.74, 6) is -1.19. The molecule has 0 aliphatic carbocycles. The average molecular weight is 416 g/mol. The number of carbonyl (C=O) groups excluding carboxylic acids is 2. The van der Waals surface area contributed by atoms with Gasteiger partial charge in [-0.1, -0.05) is 18.2 Å². The molecule has 3 rings (SSSR count). The van der Waals surface area contributed by atoms with E-state index in [0.717, 1.165) is 10.9 Å². The lowest BCUT2D eigenvalue weighted by Gasteiger charge is -2.13. The van der Waals surface area contributed by atoms with Crippen molar-refractivity contribution in [2.45, 2.75) is 31.3 Å². The third-order valence-electron chi connectivity index (χ3n) is 4.25.